The molecule has 1 heterocycles. The molecule has 0 saturated carbocycles. The first-order valence-electron chi connectivity index (χ1n) is 10.8. The molecule has 0 radical (unpaired) electrons. The molecule has 0 bridgehead atoms. The summed E-state index contributed by atoms with van der Waals surface area (Å²) in [6.45, 7) is 1.26. The summed E-state index contributed by atoms with van der Waals surface area (Å²) in [5, 5.41) is 3.02. The third-order valence-electron chi connectivity index (χ3n) is 5.91. The topological polar surface area (TPSA) is 49.4 Å². The highest BCUT2D eigenvalue weighted by Gasteiger charge is 2.24. The Morgan fingerprint density at radius 3 is 2.53 bits per heavy atom. The molecule has 4 rings (SSSR count). The Bertz CT molecular complexity index is 966. The molecule has 1 N–H and O–H groups in total. The van der Waals surface area contributed by atoms with Crippen molar-refractivity contribution >= 4 is 17.5 Å². The second-order valence-electron chi connectivity index (χ2n) is 8.02. The van der Waals surface area contributed by atoms with Gasteiger partial charge in [0.15, 0.2) is 0 Å². The predicted octanol–water partition coefficient (Wildman–Crippen LogP) is 5.04. The lowest BCUT2D eigenvalue weighted by molar-refractivity contribution is 0.0953. The van der Waals surface area contributed by atoms with E-state index < -0.39 is 0 Å². The second-order valence-corrected chi connectivity index (χ2v) is 8.02. The van der Waals surface area contributed by atoms with Crippen molar-refractivity contribution in [3.8, 4) is 0 Å². The minimum Gasteiger partial charge on any atom is -0.352 e. The molecule has 4 nitrogen and oxygen atoms in total. The average molecular weight is 407 g/mol. The highest BCUT2D eigenvalue weighted by Crippen LogP contribution is 2.29. The first-order valence-corrected chi connectivity index (χ1v) is 10.8. The minimum absolute atomic E-state index is 0.0730. The van der Waals surface area contributed by atoms with E-state index >= 15 is 0 Å². The lowest BCUT2D eigenvalue weighted by Gasteiger charge is -2.30. The Hall–Kier alpha value is -2.95. The van der Waals surface area contributed by atoms with Gasteiger partial charge in [0.25, 0.3) is 11.8 Å². The normalized spacial score (nSPS) is 15.9. The van der Waals surface area contributed by atoms with Crippen molar-refractivity contribution in [1.82, 2.24) is 5.32 Å². The number of fused-ring (bicyclic) bond motifs is 1. The van der Waals surface area contributed by atoms with E-state index in [1.54, 1.807) is 11.0 Å². The van der Waals surface area contributed by atoms with E-state index in [1.807, 2.05) is 12.1 Å². The van der Waals surface area contributed by atoms with Crippen LogP contribution in [0.5, 0.6) is 0 Å². The van der Waals surface area contributed by atoms with Crippen LogP contribution in [-0.4, -0.2) is 24.9 Å². The largest absolute Gasteiger partial charge is 0.352 e. The highest BCUT2D eigenvalue weighted by atomic mass is 19.1. The number of halogens is 1. The highest BCUT2D eigenvalue weighted by molar-refractivity contribution is 6.07. The van der Waals surface area contributed by atoms with Gasteiger partial charge in [-0.2, -0.15) is 0 Å². The van der Waals surface area contributed by atoms with Crippen molar-refractivity contribution in [1.29, 1.82) is 0 Å². The number of nitrogens with one attached hydrogen (secondary N) is 1. The Balaban J connectivity index is 1.43. The summed E-state index contributed by atoms with van der Waals surface area (Å²) >= 11 is 0. The summed E-state index contributed by atoms with van der Waals surface area (Å²) in [5.74, 6) is -0.578. The fraction of sp³-hybridized carbons (Fsp3) is 0.360. The molecule has 0 unspecified atom stereocenters. The van der Waals surface area contributed by atoms with E-state index in [9.17, 15) is 14.0 Å². The SMILES string of the molecule is O=C(NCCC1=CCCCC1)c1ccc2c(c1)CCCN2C(=O)c1ccc(F)cc1. The van der Waals surface area contributed by atoms with Crippen LogP contribution in [0, 0.1) is 5.82 Å². The molecule has 2 amide bonds. The zero-order chi connectivity index (χ0) is 20.9. The average Bonchev–Trinajstić information content (AvgIpc) is 2.79. The van der Waals surface area contributed by atoms with E-state index in [0.29, 0.717) is 24.2 Å². The van der Waals surface area contributed by atoms with Crippen LogP contribution in [0.3, 0.4) is 0 Å². The zero-order valence-corrected chi connectivity index (χ0v) is 17.1. The number of carbonyl (C=O) groups excluding carboxylic acids is 2. The van der Waals surface area contributed by atoms with Crippen molar-refractivity contribution in [2.75, 3.05) is 18.0 Å². The molecule has 1 aliphatic carbocycles. The van der Waals surface area contributed by atoms with Crippen LogP contribution in [0.4, 0.5) is 10.1 Å². The Morgan fingerprint density at radius 1 is 0.967 bits per heavy atom. The summed E-state index contributed by atoms with van der Waals surface area (Å²) in [4.78, 5) is 27.2. The molecule has 0 saturated heterocycles. The van der Waals surface area contributed by atoms with Gasteiger partial charge >= 0.3 is 0 Å². The van der Waals surface area contributed by atoms with E-state index in [4.69, 9.17) is 0 Å². The van der Waals surface area contributed by atoms with Gasteiger partial charge in [-0.15, -0.1) is 0 Å². The van der Waals surface area contributed by atoms with E-state index in [-0.39, 0.29) is 17.6 Å². The molecule has 30 heavy (non-hydrogen) atoms. The lowest BCUT2D eigenvalue weighted by Crippen LogP contribution is -2.35. The molecule has 156 valence electrons. The van der Waals surface area contributed by atoms with Crippen LogP contribution >= 0.6 is 0 Å². The van der Waals surface area contributed by atoms with Crippen LogP contribution in [0.2, 0.25) is 0 Å². The molecular weight excluding hydrogens is 379 g/mol. The fourth-order valence-electron chi connectivity index (χ4n) is 4.27. The number of nitrogens with zero attached hydrogens (tertiary/aromatic N) is 1. The quantitative estimate of drug-likeness (QED) is 0.708. The third kappa shape index (κ3) is 4.61. The van der Waals surface area contributed by atoms with E-state index in [2.05, 4.69) is 11.4 Å². The number of rotatable bonds is 5. The maximum atomic E-state index is 13.2. The molecule has 2 aromatic rings. The van der Waals surface area contributed by atoms with Gasteiger partial charge in [0.2, 0.25) is 0 Å². The number of anilines is 1. The van der Waals surface area contributed by atoms with Crippen molar-refractivity contribution in [2.24, 2.45) is 0 Å². The molecule has 0 aromatic heterocycles. The molecular formula is C25H27FN2O2. The number of allylic oxidation sites excluding steroid dienone is 1. The molecule has 0 fully saturated rings. The van der Waals surface area contributed by atoms with Crippen molar-refractivity contribution in [3.63, 3.8) is 0 Å². The van der Waals surface area contributed by atoms with Gasteiger partial charge < -0.3 is 10.2 Å². The Morgan fingerprint density at radius 2 is 1.77 bits per heavy atom. The van der Waals surface area contributed by atoms with Crippen LogP contribution in [0.15, 0.2) is 54.1 Å². The van der Waals surface area contributed by atoms with Gasteiger partial charge in [0.05, 0.1) is 0 Å². The Kier molecular flexibility index (Phi) is 6.26. The summed E-state index contributed by atoms with van der Waals surface area (Å²) in [6, 6.07) is 11.2. The van der Waals surface area contributed by atoms with Crippen LogP contribution in [0.25, 0.3) is 0 Å². The molecule has 2 aliphatic rings. The fourth-order valence-corrected chi connectivity index (χ4v) is 4.27. The van der Waals surface area contributed by atoms with Gasteiger partial charge in [-0.05, 0) is 93.0 Å². The van der Waals surface area contributed by atoms with Crippen LogP contribution in [-0.2, 0) is 6.42 Å². The number of amides is 2. The predicted molar refractivity (Wildman–Crippen MR) is 116 cm³/mol. The number of hydrogen-bond acceptors (Lipinski definition) is 2. The minimum atomic E-state index is -0.360. The van der Waals surface area contributed by atoms with Crippen molar-refractivity contribution in [2.45, 2.75) is 44.9 Å². The molecule has 0 spiro atoms. The van der Waals surface area contributed by atoms with E-state index in [1.165, 1.54) is 42.7 Å². The molecule has 2 aromatic carbocycles. The Labute approximate surface area is 176 Å². The van der Waals surface area contributed by atoms with Gasteiger partial charge in [-0.25, -0.2) is 4.39 Å². The van der Waals surface area contributed by atoms with Crippen LogP contribution in [0.1, 0.15) is 64.8 Å². The van der Waals surface area contributed by atoms with Crippen LogP contribution < -0.4 is 10.2 Å². The first kappa shape index (κ1) is 20.3. The van der Waals surface area contributed by atoms with Gasteiger partial charge in [-0.1, -0.05) is 11.6 Å². The maximum Gasteiger partial charge on any atom is 0.258 e. The first-order chi connectivity index (χ1) is 14.6. The molecule has 1 aliphatic heterocycles. The van der Waals surface area contributed by atoms with E-state index in [0.717, 1.165) is 43.4 Å². The van der Waals surface area contributed by atoms with Crippen molar-refractivity contribution < 1.29 is 14.0 Å². The monoisotopic (exact) mass is 406 g/mol. The number of benzene rings is 2. The summed E-state index contributed by atoms with van der Waals surface area (Å²) in [5.41, 5.74) is 4.37. The van der Waals surface area contributed by atoms with Gasteiger partial charge in [-0.3, -0.25) is 9.59 Å². The summed E-state index contributed by atoms with van der Waals surface area (Å²) < 4.78 is 13.2. The third-order valence-corrected chi connectivity index (χ3v) is 5.91. The lowest BCUT2D eigenvalue weighted by atomic mass is 9.97. The number of carbonyl (C=O) groups is 2. The molecule has 5 heteroatoms. The standard InChI is InChI=1S/C25H27FN2O2/c26-22-11-8-19(9-12-22)25(30)28-16-4-7-20-17-21(10-13-23(20)28)24(29)27-15-14-18-5-2-1-3-6-18/h5,8-13,17H,1-4,6-7,14-16H2,(H,27,29). The van der Waals surface area contributed by atoms with Gasteiger partial charge in [0.1, 0.15) is 5.82 Å². The number of aryl methyl sites for hydroxylation is 1. The molecule has 0 atom stereocenters. The van der Waals surface area contributed by atoms with Gasteiger partial charge in [0, 0.05) is 29.9 Å². The smallest absolute Gasteiger partial charge is 0.258 e. The number of hydrogen-bond donors (Lipinski definition) is 1. The summed E-state index contributed by atoms with van der Waals surface area (Å²) in [6.07, 6.45) is 9.70. The second kappa shape index (κ2) is 9.24. The summed E-state index contributed by atoms with van der Waals surface area (Å²) in [7, 11) is 0. The zero-order valence-electron chi connectivity index (χ0n) is 17.1. The van der Waals surface area contributed by atoms with Crippen molar-refractivity contribution in [3.05, 3.63) is 76.6 Å². The maximum absolute atomic E-state index is 13.2.